The number of nitrogens with one attached hydrogen (secondary N) is 2. The van der Waals surface area contributed by atoms with Crippen LogP contribution in [0.5, 0.6) is 5.88 Å². The van der Waals surface area contributed by atoms with Gasteiger partial charge < -0.3 is 20.3 Å². The number of amides is 1. The average Bonchev–Trinajstić information content (AvgIpc) is 3.39. The van der Waals surface area contributed by atoms with Crippen LogP contribution in [-0.2, 0) is 11.3 Å². The number of aliphatic imine (C=N–C) groups is 1. The first-order valence-electron chi connectivity index (χ1n) is 10.2. The number of carbonyl (C=O) groups excluding carboxylic acids is 1. The predicted molar refractivity (Wildman–Crippen MR) is 121 cm³/mol. The van der Waals surface area contributed by atoms with Crippen molar-refractivity contribution in [2.75, 3.05) is 26.2 Å². The molecule has 1 saturated carbocycles. The Hall–Kier alpha value is -1.58. The lowest BCUT2D eigenvalue weighted by molar-refractivity contribution is -0.128. The number of halogens is 1. The van der Waals surface area contributed by atoms with Crippen molar-refractivity contribution in [1.29, 1.82) is 0 Å². The summed E-state index contributed by atoms with van der Waals surface area (Å²) in [5.74, 6) is 1.47. The second-order valence-electron chi connectivity index (χ2n) is 7.17. The van der Waals surface area contributed by atoms with Gasteiger partial charge in [0.25, 0.3) is 0 Å². The molecule has 156 valence electrons. The molecular formula is C20H32IN5O2. The lowest BCUT2D eigenvalue weighted by Crippen LogP contribution is -2.44. The quantitative estimate of drug-likeness (QED) is 0.341. The number of nitrogens with zero attached hydrogens (tertiary/aromatic N) is 3. The third-order valence-corrected chi connectivity index (χ3v) is 5.02. The van der Waals surface area contributed by atoms with E-state index in [0.717, 1.165) is 50.9 Å². The van der Waals surface area contributed by atoms with Gasteiger partial charge in [0.15, 0.2) is 5.96 Å². The van der Waals surface area contributed by atoms with Gasteiger partial charge in [-0.05, 0) is 51.0 Å². The highest BCUT2D eigenvalue weighted by Crippen LogP contribution is 2.22. The number of likely N-dealkylation sites (tertiary alicyclic amines) is 1. The number of hydrogen-bond acceptors (Lipinski definition) is 4. The third kappa shape index (κ3) is 7.10. The van der Waals surface area contributed by atoms with Crippen LogP contribution < -0.4 is 15.4 Å². The second kappa shape index (κ2) is 12.1. The highest BCUT2D eigenvalue weighted by atomic mass is 127. The number of ether oxygens (including phenoxy) is 1. The van der Waals surface area contributed by atoms with Crippen molar-refractivity contribution >= 4 is 35.8 Å². The Balaban J connectivity index is 0.00000280. The summed E-state index contributed by atoms with van der Waals surface area (Å²) in [6.07, 6.45) is 9.09. The highest BCUT2D eigenvalue weighted by Gasteiger charge is 2.18. The van der Waals surface area contributed by atoms with Crippen LogP contribution in [0, 0.1) is 0 Å². The van der Waals surface area contributed by atoms with Gasteiger partial charge in [-0.15, -0.1) is 24.0 Å². The number of hydrogen-bond donors (Lipinski definition) is 2. The fourth-order valence-corrected chi connectivity index (χ4v) is 3.50. The molecule has 1 aliphatic heterocycles. The summed E-state index contributed by atoms with van der Waals surface area (Å²) in [5.41, 5.74) is 1.01. The van der Waals surface area contributed by atoms with Crippen molar-refractivity contribution in [1.82, 2.24) is 20.5 Å². The lowest BCUT2D eigenvalue weighted by Gasteiger charge is -2.17. The minimum atomic E-state index is 0. The molecule has 2 fully saturated rings. The molecule has 28 heavy (non-hydrogen) atoms. The number of pyridine rings is 1. The van der Waals surface area contributed by atoms with Gasteiger partial charge in [-0.25, -0.2) is 9.98 Å². The molecule has 1 aromatic heterocycles. The zero-order valence-corrected chi connectivity index (χ0v) is 19.0. The topological polar surface area (TPSA) is 78.9 Å². The first-order chi connectivity index (χ1) is 13.2. The van der Waals surface area contributed by atoms with Gasteiger partial charge >= 0.3 is 0 Å². The summed E-state index contributed by atoms with van der Waals surface area (Å²) in [6, 6.07) is 3.92. The molecule has 2 aliphatic rings. The van der Waals surface area contributed by atoms with Crippen molar-refractivity contribution in [3.05, 3.63) is 23.9 Å². The minimum Gasteiger partial charge on any atom is -0.474 e. The predicted octanol–water partition coefficient (Wildman–Crippen LogP) is 2.70. The smallest absolute Gasteiger partial charge is 0.241 e. The van der Waals surface area contributed by atoms with Crippen LogP contribution in [0.4, 0.5) is 0 Å². The minimum absolute atomic E-state index is 0. The fraction of sp³-hybridized carbons (Fsp3) is 0.650. The molecule has 0 radical (unpaired) electrons. The van der Waals surface area contributed by atoms with Crippen LogP contribution in [0.2, 0.25) is 0 Å². The van der Waals surface area contributed by atoms with Crippen molar-refractivity contribution in [2.45, 2.75) is 58.1 Å². The van der Waals surface area contributed by atoms with E-state index in [2.05, 4.69) is 20.6 Å². The molecule has 2 N–H and O–H groups in total. The van der Waals surface area contributed by atoms with Gasteiger partial charge in [-0.3, -0.25) is 4.79 Å². The van der Waals surface area contributed by atoms with E-state index in [1.54, 1.807) is 0 Å². The maximum absolute atomic E-state index is 12.2. The van der Waals surface area contributed by atoms with Crippen LogP contribution in [0.25, 0.3) is 0 Å². The molecule has 0 atom stereocenters. The summed E-state index contributed by atoms with van der Waals surface area (Å²) in [6.45, 7) is 5.28. The van der Waals surface area contributed by atoms with Gasteiger partial charge in [0.05, 0.1) is 13.1 Å². The molecule has 0 aromatic carbocycles. The molecule has 7 nitrogen and oxygen atoms in total. The molecule has 0 spiro atoms. The van der Waals surface area contributed by atoms with Crippen LogP contribution in [0.1, 0.15) is 51.0 Å². The summed E-state index contributed by atoms with van der Waals surface area (Å²) in [7, 11) is 0. The molecule has 1 aliphatic carbocycles. The summed E-state index contributed by atoms with van der Waals surface area (Å²) in [4.78, 5) is 23.0. The highest BCUT2D eigenvalue weighted by molar-refractivity contribution is 14.0. The first-order valence-corrected chi connectivity index (χ1v) is 10.2. The normalized spacial score (nSPS) is 17.3. The zero-order valence-electron chi connectivity index (χ0n) is 16.7. The molecule has 0 bridgehead atoms. The Labute approximate surface area is 184 Å². The number of rotatable bonds is 7. The Bertz CT molecular complexity index is 626. The molecule has 1 saturated heterocycles. The van der Waals surface area contributed by atoms with E-state index in [-0.39, 0.29) is 36.4 Å². The Morgan fingerprint density at radius 2 is 1.96 bits per heavy atom. The van der Waals surface area contributed by atoms with Crippen molar-refractivity contribution in [3.63, 3.8) is 0 Å². The molecular weight excluding hydrogens is 469 g/mol. The van der Waals surface area contributed by atoms with E-state index in [1.165, 1.54) is 12.8 Å². The van der Waals surface area contributed by atoms with Crippen molar-refractivity contribution < 1.29 is 9.53 Å². The van der Waals surface area contributed by atoms with Crippen LogP contribution in [0.3, 0.4) is 0 Å². The standard InChI is InChI=1S/C20H31N5O2.HI/c1-2-21-20(24-15-19(26)25-11-5-6-12-25)23-14-16-9-10-18(22-13-16)27-17-7-3-4-8-17;/h9-10,13,17H,2-8,11-12,14-15H2,1H3,(H2,21,23,24);1H. The Morgan fingerprint density at radius 1 is 1.21 bits per heavy atom. The van der Waals surface area contributed by atoms with Crippen LogP contribution in [0.15, 0.2) is 23.3 Å². The summed E-state index contributed by atoms with van der Waals surface area (Å²) in [5, 5.41) is 6.31. The van der Waals surface area contributed by atoms with Gasteiger partial charge in [0.1, 0.15) is 6.10 Å². The van der Waals surface area contributed by atoms with E-state index in [1.807, 2.05) is 30.2 Å². The van der Waals surface area contributed by atoms with E-state index < -0.39 is 0 Å². The number of carbonyl (C=O) groups is 1. The van der Waals surface area contributed by atoms with E-state index in [9.17, 15) is 4.79 Å². The van der Waals surface area contributed by atoms with Crippen LogP contribution in [-0.4, -0.2) is 54.0 Å². The van der Waals surface area contributed by atoms with Gasteiger partial charge in [-0.2, -0.15) is 0 Å². The fourth-order valence-electron chi connectivity index (χ4n) is 3.50. The lowest BCUT2D eigenvalue weighted by atomic mass is 10.3. The molecule has 8 heteroatoms. The van der Waals surface area contributed by atoms with Crippen molar-refractivity contribution in [2.24, 2.45) is 4.99 Å². The molecule has 0 unspecified atom stereocenters. The molecule has 1 amide bonds. The monoisotopic (exact) mass is 501 g/mol. The summed E-state index contributed by atoms with van der Waals surface area (Å²) >= 11 is 0. The number of guanidine groups is 1. The molecule has 1 aromatic rings. The van der Waals surface area contributed by atoms with Gasteiger partial charge in [0, 0.05) is 31.9 Å². The average molecular weight is 501 g/mol. The maximum atomic E-state index is 12.2. The Kier molecular flexibility index (Phi) is 9.80. The maximum Gasteiger partial charge on any atom is 0.241 e. The number of aromatic nitrogens is 1. The van der Waals surface area contributed by atoms with Crippen LogP contribution >= 0.6 is 24.0 Å². The van der Waals surface area contributed by atoms with Gasteiger partial charge in [0.2, 0.25) is 11.8 Å². The Morgan fingerprint density at radius 3 is 2.61 bits per heavy atom. The van der Waals surface area contributed by atoms with E-state index in [0.29, 0.717) is 24.5 Å². The third-order valence-electron chi connectivity index (χ3n) is 5.02. The zero-order chi connectivity index (χ0) is 18.9. The van der Waals surface area contributed by atoms with Gasteiger partial charge in [-0.1, -0.05) is 6.07 Å². The molecule has 2 heterocycles. The van der Waals surface area contributed by atoms with Crippen molar-refractivity contribution in [3.8, 4) is 5.88 Å². The van der Waals surface area contributed by atoms with E-state index >= 15 is 0 Å². The largest absolute Gasteiger partial charge is 0.474 e. The first kappa shape index (κ1) is 22.7. The second-order valence-corrected chi connectivity index (χ2v) is 7.17. The SMILES string of the molecule is CCNC(=NCc1ccc(OC2CCCC2)nc1)NCC(=O)N1CCCC1.I. The summed E-state index contributed by atoms with van der Waals surface area (Å²) < 4.78 is 5.89. The van der Waals surface area contributed by atoms with E-state index in [4.69, 9.17) is 4.74 Å². The molecule has 3 rings (SSSR count).